The molecule has 6 heteroatoms. The largest absolute Gasteiger partial charge is 0.485 e. The number of halogens is 3. The van der Waals surface area contributed by atoms with Gasteiger partial charge in [0.1, 0.15) is 6.61 Å². The van der Waals surface area contributed by atoms with Crippen LogP contribution in [0.2, 0.25) is 0 Å². The Hall–Kier alpha value is -2.24. The molecule has 0 aliphatic heterocycles. The standard InChI is InChI=1S/C13H11F3N2O/c14-13(15,16)10-4-1-3-9(7-10)8-19-11-5-2-6-18-12(11)17/h1-7H,8H2,(H2,17,18). The fourth-order valence-electron chi connectivity index (χ4n) is 1.52. The number of pyridine rings is 1. The van der Waals surface area contributed by atoms with Crippen LogP contribution in [0.25, 0.3) is 0 Å². The van der Waals surface area contributed by atoms with E-state index >= 15 is 0 Å². The second-order valence-corrected chi connectivity index (χ2v) is 3.87. The lowest BCUT2D eigenvalue weighted by Crippen LogP contribution is -2.06. The molecule has 0 spiro atoms. The van der Waals surface area contributed by atoms with Crippen molar-refractivity contribution in [3.05, 3.63) is 53.7 Å². The van der Waals surface area contributed by atoms with E-state index in [-0.39, 0.29) is 12.4 Å². The Morgan fingerprint density at radius 3 is 2.63 bits per heavy atom. The SMILES string of the molecule is Nc1ncccc1OCc1cccc(C(F)(F)F)c1. The number of nitrogens with zero attached hydrogens (tertiary/aromatic N) is 1. The van der Waals surface area contributed by atoms with E-state index in [9.17, 15) is 13.2 Å². The zero-order valence-electron chi connectivity index (χ0n) is 9.82. The Morgan fingerprint density at radius 2 is 1.95 bits per heavy atom. The maximum atomic E-state index is 12.5. The van der Waals surface area contributed by atoms with E-state index in [1.165, 1.54) is 12.3 Å². The minimum atomic E-state index is -4.36. The molecule has 2 N–H and O–H groups in total. The highest BCUT2D eigenvalue weighted by Gasteiger charge is 2.30. The summed E-state index contributed by atoms with van der Waals surface area (Å²) in [5.41, 5.74) is 5.28. The number of aromatic nitrogens is 1. The van der Waals surface area contributed by atoms with Gasteiger partial charge >= 0.3 is 6.18 Å². The first kappa shape index (κ1) is 13.2. The number of rotatable bonds is 3. The average molecular weight is 268 g/mol. The van der Waals surface area contributed by atoms with Crippen molar-refractivity contribution in [1.29, 1.82) is 0 Å². The molecule has 0 saturated heterocycles. The smallest absolute Gasteiger partial charge is 0.416 e. The number of alkyl halides is 3. The van der Waals surface area contributed by atoms with Crippen LogP contribution in [0.15, 0.2) is 42.6 Å². The molecule has 19 heavy (non-hydrogen) atoms. The van der Waals surface area contributed by atoms with Gasteiger partial charge in [-0.05, 0) is 29.8 Å². The van der Waals surface area contributed by atoms with Gasteiger partial charge in [0.15, 0.2) is 11.6 Å². The van der Waals surface area contributed by atoms with E-state index in [1.54, 1.807) is 18.2 Å². The highest BCUT2D eigenvalue weighted by molar-refractivity contribution is 5.44. The summed E-state index contributed by atoms with van der Waals surface area (Å²) in [5.74, 6) is 0.550. The van der Waals surface area contributed by atoms with Crippen molar-refractivity contribution in [2.45, 2.75) is 12.8 Å². The van der Waals surface area contributed by atoms with E-state index in [0.717, 1.165) is 12.1 Å². The summed E-state index contributed by atoms with van der Waals surface area (Å²) in [7, 11) is 0. The van der Waals surface area contributed by atoms with Crippen LogP contribution >= 0.6 is 0 Å². The Bertz CT molecular complexity index is 570. The molecule has 3 nitrogen and oxygen atoms in total. The summed E-state index contributed by atoms with van der Waals surface area (Å²) < 4.78 is 42.9. The molecule has 0 aliphatic carbocycles. The molecule has 100 valence electrons. The van der Waals surface area contributed by atoms with Crippen LogP contribution in [0.4, 0.5) is 19.0 Å². The van der Waals surface area contributed by atoms with Gasteiger partial charge in [-0.25, -0.2) is 4.98 Å². The molecule has 1 heterocycles. The maximum Gasteiger partial charge on any atom is 0.416 e. The molecule has 0 unspecified atom stereocenters. The van der Waals surface area contributed by atoms with Gasteiger partial charge in [0.25, 0.3) is 0 Å². The zero-order valence-corrected chi connectivity index (χ0v) is 9.82. The normalized spacial score (nSPS) is 11.3. The number of nitrogens with two attached hydrogens (primary N) is 1. The van der Waals surface area contributed by atoms with Crippen LogP contribution in [-0.4, -0.2) is 4.98 Å². The minimum absolute atomic E-state index is 0.000185. The van der Waals surface area contributed by atoms with Crippen LogP contribution in [0.5, 0.6) is 5.75 Å². The van der Waals surface area contributed by atoms with Crippen molar-refractivity contribution in [2.75, 3.05) is 5.73 Å². The van der Waals surface area contributed by atoms with E-state index in [4.69, 9.17) is 10.5 Å². The first-order valence-electron chi connectivity index (χ1n) is 5.46. The quantitative estimate of drug-likeness (QED) is 0.929. The Kier molecular flexibility index (Phi) is 3.59. The van der Waals surface area contributed by atoms with Crippen LogP contribution in [0.3, 0.4) is 0 Å². The van der Waals surface area contributed by atoms with Gasteiger partial charge < -0.3 is 10.5 Å². The zero-order chi connectivity index (χ0) is 13.9. The molecular formula is C13H11F3N2O. The van der Waals surface area contributed by atoms with Gasteiger partial charge in [0, 0.05) is 6.20 Å². The monoisotopic (exact) mass is 268 g/mol. The molecule has 2 aromatic rings. The minimum Gasteiger partial charge on any atom is -0.485 e. The molecule has 0 atom stereocenters. The Morgan fingerprint density at radius 1 is 1.16 bits per heavy atom. The summed E-state index contributed by atoms with van der Waals surface area (Å²) in [4.78, 5) is 3.82. The van der Waals surface area contributed by atoms with Crippen LogP contribution in [0.1, 0.15) is 11.1 Å². The first-order chi connectivity index (χ1) is 8.97. The van der Waals surface area contributed by atoms with Crippen molar-refractivity contribution in [1.82, 2.24) is 4.98 Å². The number of nitrogen functional groups attached to an aromatic ring is 1. The van der Waals surface area contributed by atoms with E-state index in [2.05, 4.69) is 4.98 Å². The topological polar surface area (TPSA) is 48.1 Å². The van der Waals surface area contributed by atoms with Crippen LogP contribution in [-0.2, 0) is 12.8 Å². The van der Waals surface area contributed by atoms with Crippen LogP contribution < -0.4 is 10.5 Å². The number of hydrogen-bond acceptors (Lipinski definition) is 3. The van der Waals surface area contributed by atoms with Gasteiger partial charge in [-0.15, -0.1) is 0 Å². The molecule has 0 amide bonds. The highest BCUT2D eigenvalue weighted by Crippen LogP contribution is 2.29. The third-order valence-corrected chi connectivity index (χ3v) is 2.45. The first-order valence-corrected chi connectivity index (χ1v) is 5.46. The summed E-state index contributed by atoms with van der Waals surface area (Å²) in [5, 5.41) is 0. The summed E-state index contributed by atoms with van der Waals surface area (Å²) in [6.45, 7) is -0.000185. The third-order valence-electron chi connectivity index (χ3n) is 2.45. The lowest BCUT2D eigenvalue weighted by atomic mass is 10.1. The van der Waals surface area contributed by atoms with Gasteiger partial charge in [-0.2, -0.15) is 13.2 Å². The van der Waals surface area contributed by atoms with Gasteiger partial charge in [-0.3, -0.25) is 0 Å². The summed E-state index contributed by atoms with van der Waals surface area (Å²) >= 11 is 0. The molecule has 0 fully saturated rings. The van der Waals surface area contributed by atoms with Crippen molar-refractivity contribution in [3.8, 4) is 5.75 Å². The molecule has 0 saturated carbocycles. The Labute approximate surface area is 107 Å². The fraction of sp³-hybridized carbons (Fsp3) is 0.154. The second kappa shape index (κ2) is 5.17. The predicted octanol–water partition coefficient (Wildman–Crippen LogP) is 3.26. The van der Waals surface area contributed by atoms with E-state index in [1.807, 2.05) is 0 Å². The van der Waals surface area contributed by atoms with Gasteiger partial charge in [-0.1, -0.05) is 12.1 Å². The number of ether oxygens (including phenoxy) is 1. The fourth-order valence-corrected chi connectivity index (χ4v) is 1.52. The lowest BCUT2D eigenvalue weighted by Gasteiger charge is -2.10. The molecule has 2 rings (SSSR count). The predicted molar refractivity (Wildman–Crippen MR) is 64.4 cm³/mol. The maximum absolute atomic E-state index is 12.5. The lowest BCUT2D eigenvalue weighted by molar-refractivity contribution is -0.137. The number of benzene rings is 1. The van der Waals surface area contributed by atoms with Crippen LogP contribution in [0, 0.1) is 0 Å². The third kappa shape index (κ3) is 3.37. The number of anilines is 1. The molecule has 0 aliphatic rings. The Balaban J connectivity index is 2.10. The van der Waals surface area contributed by atoms with Crippen molar-refractivity contribution < 1.29 is 17.9 Å². The highest BCUT2D eigenvalue weighted by atomic mass is 19.4. The average Bonchev–Trinajstić information content (AvgIpc) is 2.37. The molecule has 0 bridgehead atoms. The van der Waals surface area contributed by atoms with E-state index < -0.39 is 11.7 Å². The molecule has 0 radical (unpaired) electrons. The van der Waals surface area contributed by atoms with Gasteiger partial charge in [0.05, 0.1) is 5.56 Å². The van der Waals surface area contributed by atoms with Crippen molar-refractivity contribution in [3.63, 3.8) is 0 Å². The molecule has 1 aromatic carbocycles. The van der Waals surface area contributed by atoms with Gasteiger partial charge in [0.2, 0.25) is 0 Å². The molecule has 1 aromatic heterocycles. The van der Waals surface area contributed by atoms with E-state index in [0.29, 0.717) is 11.3 Å². The molecular weight excluding hydrogens is 257 g/mol. The van der Waals surface area contributed by atoms with Crippen molar-refractivity contribution >= 4 is 5.82 Å². The summed E-state index contributed by atoms with van der Waals surface area (Å²) in [6, 6.07) is 8.21. The van der Waals surface area contributed by atoms with Crippen molar-refractivity contribution in [2.24, 2.45) is 0 Å². The summed E-state index contributed by atoms with van der Waals surface area (Å²) in [6.07, 6.45) is -2.85. The second-order valence-electron chi connectivity index (χ2n) is 3.87. The number of hydrogen-bond donors (Lipinski definition) is 1.